The molecule has 126 valence electrons. The molecule has 0 radical (unpaired) electrons. The van der Waals surface area contributed by atoms with E-state index in [1.54, 1.807) is 29.6 Å². The fourth-order valence-electron chi connectivity index (χ4n) is 3.04. The highest BCUT2D eigenvalue weighted by Gasteiger charge is 2.27. The zero-order valence-electron chi connectivity index (χ0n) is 13.2. The molecule has 8 nitrogen and oxygen atoms in total. The first-order chi connectivity index (χ1) is 12.1. The van der Waals surface area contributed by atoms with Gasteiger partial charge in [-0.05, 0) is 30.7 Å². The monoisotopic (exact) mass is 337 g/mol. The number of aromatic amines is 1. The molecule has 0 spiro atoms. The van der Waals surface area contributed by atoms with E-state index < -0.39 is 5.97 Å². The summed E-state index contributed by atoms with van der Waals surface area (Å²) in [6.07, 6.45) is 5.70. The highest BCUT2D eigenvalue weighted by Crippen LogP contribution is 2.22. The Kier molecular flexibility index (Phi) is 3.57. The number of carboxylic acid groups (broad SMARTS) is 1. The van der Waals surface area contributed by atoms with E-state index in [1.807, 2.05) is 22.9 Å². The van der Waals surface area contributed by atoms with Crippen molar-refractivity contribution in [2.45, 2.75) is 13.0 Å². The summed E-state index contributed by atoms with van der Waals surface area (Å²) in [6.45, 7) is 0.798. The molecule has 3 aromatic rings. The van der Waals surface area contributed by atoms with Crippen LogP contribution in [0.25, 0.3) is 5.69 Å². The summed E-state index contributed by atoms with van der Waals surface area (Å²) in [5.41, 5.74) is 2.94. The maximum atomic E-state index is 12.7. The van der Waals surface area contributed by atoms with Crippen LogP contribution in [0.15, 0.2) is 43.0 Å². The molecule has 0 saturated heterocycles. The van der Waals surface area contributed by atoms with Gasteiger partial charge in [0.25, 0.3) is 5.91 Å². The Labute approximate surface area is 142 Å². The molecule has 25 heavy (non-hydrogen) atoms. The molecule has 0 unspecified atom stereocenters. The van der Waals surface area contributed by atoms with Crippen LogP contribution < -0.4 is 0 Å². The van der Waals surface area contributed by atoms with Crippen molar-refractivity contribution in [2.75, 3.05) is 6.54 Å². The summed E-state index contributed by atoms with van der Waals surface area (Å²) in [5.74, 6) is -1.14. The number of hydrogen-bond acceptors (Lipinski definition) is 4. The molecule has 1 amide bonds. The maximum absolute atomic E-state index is 12.7. The number of imidazole rings is 1. The summed E-state index contributed by atoms with van der Waals surface area (Å²) in [5, 5.41) is 15.7. The van der Waals surface area contributed by atoms with E-state index in [0.717, 1.165) is 5.69 Å². The van der Waals surface area contributed by atoms with Crippen LogP contribution in [0.2, 0.25) is 0 Å². The molecule has 1 aromatic carbocycles. The molecule has 0 atom stereocenters. The number of fused-ring (bicyclic) bond motifs is 1. The Morgan fingerprint density at radius 1 is 1.20 bits per heavy atom. The molecule has 0 fully saturated rings. The molecule has 2 aromatic heterocycles. The van der Waals surface area contributed by atoms with Crippen LogP contribution in [0.5, 0.6) is 0 Å². The van der Waals surface area contributed by atoms with Gasteiger partial charge >= 0.3 is 5.97 Å². The normalized spacial score (nSPS) is 13.5. The zero-order valence-corrected chi connectivity index (χ0v) is 13.2. The second-order valence-corrected chi connectivity index (χ2v) is 5.83. The Bertz CT molecular complexity index is 928. The number of amides is 1. The van der Waals surface area contributed by atoms with E-state index in [4.69, 9.17) is 5.11 Å². The quantitative estimate of drug-likeness (QED) is 0.753. The van der Waals surface area contributed by atoms with E-state index in [-0.39, 0.29) is 11.6 Å². The van der Waals surface area contributed by atoms with Gasteiger partial charge in [0.1, 0.15) is 0 Å². The Hall–Kier alpha value is -3.42. The summed E-state index contributed by atoms with van der Waals surface area (Å²) in [6, 6.07) is 7.29. The SMILES string of the molecule is O=C(O)c1n[nH]c2c1CCN(C(=O)c1ccc(-n3ccnc3)cc1)C2. The number of aromatic nitrogens is 4. The van der Waals surface area contributed by atoms with Crippen molar-refractivity contribution in [1.82, 2.24) is 24.6 Å². The fourth-order valence-corrected chi connectivity index (χ4v) is 3.04. The van der Waals surface area contributed by atoms with E-state index >= 15 is 0 Å². The summed E-state index contributed by atoms with van der Waals surface area (Å²) in [4.78, 5) is 29.5. The first-order valence-corrected chi connectivity index (χ1v) is 7.80. The number of carbonyl (C=O) groups excluding carboxylic acids is 1. The number of H-pyrrole nitrogens is 1. The molecule has 4 rings (SSSR count). The first-order valence-electron chi connectivity index (χ1n) is 7.80. The van der Waals surface area contributed by atoms with Crippen LogP contribution in [0.3, 0.4) is 0 Å². The van der Waals surface area contributed by atoms with Crippen molar-refractivity contribution in [3.8, 4) is 5.69 Å². The molecule has 2 N–H and O–H groups in total. The molecule has 3 heterocycles. The largest absolute Gasteiger partial charge is 0.476 e. The number of nitrogens with one attached hydrogen (secondary N) is 1. The molecule has 1 aliphatic heterocycles. The number of carboxylic acids is 1. The van der Waals surface area contributed by atoms with Crippen molar-refractivity contribution in [2.24, 2.45) is 0 Å². The Balaban J connectivity index is 1.52. The number of rotatable bonds is 3. The van der Waals surface area contributed by atoms with Gasteiger partial charge in [-0.3, -0.25) is 9.89 Å². The average Bonchev–Trinajstić information content (AvgIpc) is 3.30. The van der Waals surface area contributed by atoms with E-state index in [1.165, 1.54) is 0 Å². The lowest BCUT2D eigenvalue weighted by atomic mass is 10.0. The molecule has 1 aliphatic rings. The maximum Gasteiger partial charge on any atom is 0.356 e. The lowest BCUT2D eigenvalue weighted by Gasteiger charge is -2.26. The number of aromatic carboxylic acids is 1. The van der Waals surface area contributed by atoms with Crippen LogP contribution in [0, 0.1) is 0 Å². The number of carbonyl (C=O) groups is 2. The van der Waals surface area contributed by atoms with Crippen LogP contribution in [-0.2, 0) is 13.0 Å². The number of nitrogens with zero attached hydrogens (tertiary/aromatic N) is 4. The standard InChI is InChI=1S/C17H15N5O3/c23-16(11-1-3-12(4-2-11)22-8-6-18-10-22)21-7-5-13-14(9-21)19-20-15(13)17(24)25/h1-4,6,8,10H,5,7,9H2,(H,19,20)(H,24,25). The topological polar surface area (TPSA) is 104 Å². The third-order valence-corrected chi connectivity index (χ3v) is 4.34. The Morgan fingerprint density at radius 2 is 2.00 bits per heavy atom. The summed E-state index contributed by atoms with van der Waals surface area (Å²) < 4.78 is 1.86. The molecule has 0 aliphatic carbocycles. The molecule has 8 heteroatoms. The highest BCUT2D eigenvalue weighted by molar-refractivity contribution is 5.94. The first kappa shape index (κ1) is 15.1. The predicted octanol–water partition coefficient (Wildman–Crippen LogP) is 1.49. The van der Waals surface area contributed by atoms with E-state index in [9.17, 15) is 9.59 Å². The summed E-state index contributed by atoms with van der Waals surface area (Å²) in [7, 11) is 0. The van der Waals surface area contributed by atoms with E-state index in [2.05, 4.69) is 15.2 Å². The molecular formula is C17H15N5O3. The number of hydrogen-bond donors (Lipinski definition) is 2. The van der Waals surface area contributed by atoms with Crippen LogP contribution in [0.1, 0.15) is 32.1 Å². The molecular weight excluding hydrogens is 322 g/mol. The molecule has 0 saturated carbocycles. The van der Waals surface area contributed by atoms with Gasteiger partial charge in [-0.25, -0.2) is 9.78 Å². The minimum absolute atomic E-state index is 0.0479. The van der Waals surface area contributed by atoms with Gasteiger partial charge in [0.2, 0.25) is 0 Å². The second kappa shape index (κ2) is 5.90. The average molecular weight is 337 g/mol. The predicted molar refractivity (Wildman–Crippen MR) is 87.6 cm³/mol. The lowest BCUT2D eigenvalue weighted by molar-refractivity contribution is 0.0689. The minimum atomic E-state index is -1.05. The third-order valence-electron chi connectivity index (χ3n) is 4.34. The van der Waals surface area contributed by atoms with Gasteiger partial charge in [0.15, 0.2) is 5.69 Å². The van der Waals surface area contributed by atoms with Gasteiger partial charge in [0.05, 0.1) is 18.6 Å². The van der Waals surface area contributed by atoms with Crippen molar-refractivity contribution in [1.29, 1.82) is 0 Å². The molecule has 0 bridgehead atoms. The van der Waals surface area contributed by atoms with Crippen LogP contribution >= 0.6 is 0 Å². The lowest BCUT2D eigenvalue weighted by Crippen LogP contribution is -2.36. The van der Waals surface area contributed by atoms with Crippen molar-refractivity contribution < 1.29 is 14.7 Å². The van der Waals surface area contributed by atoms with Gasteiger partial charge < -0.3 is 14.6 Å². The summed E-state index contributed by atoms with van der Waals surface area (Å²) >= 11 is 0. The zero-order chi connectivity index (χ0) is 17.4. The van der Waals surface area contributed by atoms with Crippen LogP contribution in [0.4, 0.5) is 0 Å². The van der Waals surface area contributed by atoms with Crippen molar-refractivity contribution in [3.63, 3.8) is 0 Å². The van der Waals surface area contributed by atoms with Gasteiger partial charge in [-0.2, -0.15) is 5.10 Å². The van der Waals surface area contributed by atoms with Crippen LogP contribution in [-0.4, -0.2) is 48.2 Å². The van der Waals surface area contributed by atoms with Gasteiger partial charge in [0, 0.05) is 35.8 Å². The minimum Gasteiger partial charge on any atom is -0.476 e. The van der Waals surface area contributed by atoms with Gasteiger partial charge in [-0.15, -0.1) is 0 Å². The van der Waals surface area contributed by atoms with Gasteiger partial charge in [-0.1, -0.05) is 0 Å². The Morgan fingerprint density at radius 3 is 2.68 bits per heavy atom. The van der Waals surface area contributed by atoms with E-state index in [0.29, 0.717) is 36.3 Å². The third kappa shape index (κ3) is 2.67. The smallest absolute Gasteiger partial charge is 0.356 e. The second-order valence-electron chi connectivity index (χ2n) is 5.83. The fraction of sp³-hybridized carbons (Fsp3) is 0.176. The van der Waals surface area contributed by atoms with Crippen molar-refractivity contribution >= 4 is 11.9 Å². The number of benzene rings is 1. The highest BCUT2D eigenvalue weighted by atomic mass is 16.4. The van der Waals surface area contributed by atoms with Crippen molar-refractivity contribution in [3.05, 3.63) is 65.5 Å².